The summed E-state index contributed by atoms with van der Waals surface area (Å²) >= 11 is 0. The van der Waals surface area contributed by atoms with E-state index >= 15 is 0 Å². The molecule has 1 rings (SSSR count). The lowest BCUT2D eigenvalue weighted by atomic mass is 10.2. The van der Waals surface area contributed by atoms with Gasteiger partial charge in [0.1, 0.15) is 6.26 Å². The van der Waals surface area contributed by atoms with Gasteiger partial charge in [0, 0.05) is 26.4 Å². The van der Waals surface area contributed by atoms with E-state index in [4.69, 9.17) is 4.42 Å². The smallest absolute Gasteiger partial charge is 0.222 e. The summed E-state index contributed by atoms with van der Waals surface area (Å²) < 4.78 is 4.84. The molecular formula is C11H18N2O2. The molecule has 0 spiro atoms. The zero-order valence-electron chi connectivity index (χ0n) is 9.40. The highest BCUT2D eigenvalue weighted by molar-refractivity contribution is 5.76. The molecule has 1 aromatic rings. The summed E-state index contributed by atoms with van der Waals surface area (Å²) in [7, 11) is 1.85. The standard InChI is InChI=1S/C11H18N2O2/c1-3-4-7-13(2)11(14)6-5-10-8-15-9-12-10/h8-9H,3-7H2,1-2H3. The Bertz CT molecular complexity index is 283. The predicted molar refractivity (Wildman–Crippen MR) is 57.4 cm³/mol. The number of aryl methyl sites for hydroxylation is 1. The van der Waals surface area contributed by atoms with Crippen molar-refractivity contribution in [2.75, 3.05) is 13.6 Å². The molecule has 0 unspecified atom stereocenters. The van der Waals surface area contributed by atoms with E-state index in [1.807, 2.05) is 7.05 Å². The van der Waals surface area contributed by atoms with Crippen LogP contribution in [0.4, 0.5) is 0 Å². The normalized spacial score (nSPS) is 10.3. The Morgan fingerprint density at radius 3 is 3.00 bits per heavy atom. The Morgan fingerprint density at radius 1 is 1.60 bits per heavy atom. The van der Waals surface area contributed by atoms with Gasteiger partial charge in [-0.2, -0.15) is 0 Å². The Hall–Kier alpha value is -1.32. The lowest BCUT2D eigenvalue weighted by Gasteiger charge is -2.16. The topological polar surface area (TPSA) is 46.3 Å². The fourth-order valence-electron chi connectivity index (χ4n) is 1.31. The molecular weight excluding hydrogens is 192 g/mol. The molecule has 4 nitrogen and oxygen atoms in total. The molecule has 1 amide bonds. The molecule has 0 aliphatic heterocycles. The quantitative estimate of drug-likeness (QED) is 0.720. The Labute approximate surface area is 90.3 Å². The van der Waals surface area contributed by atoms with Crippen LogP contribution in [-0.2, 0) is 11.2 Å². The molecule has 0 N–H and O–H groups in total. The summed E-state index contributed by atoms with van der Waals surface area (Å²) in [4.78, 5) is 17.4. The van der Waals surface area contributed by atoms with Gasteiger partial charge in [0.05, 0.1) is 5.69 Å². The van der Waals surface area contributed by atoms with Crippen LogP contribution < -0.4 is 0 Å². The maximum absolute atomic E-state index is 11.6. The number of amides is 1. The first-order chi connectivity index (χ1) is 7.24. The number of unbranched alkanes of at least 4 members (excludes halogenated alkanes) is 1. The van der Waals surface area contributed by atoms with Gasteiger partial charge < -0.3 is 9.32 Å². The lowest BCUT2D eigenvalue weighted by Crippen LogP contribution is -2.27. The molecule has 84 valence electrons. The van der Waals surface area contributed by atoms with Crippen molar-refractivity contribution in [3.63, 3.8) is 0 Å². The van der Waals surface area contributed by atoms with E-state index in [-0.39, 0.29) is 5.91 Å². The third kappa shape index (κ3) is 4.14. The van der Waals surface area contributed by atoms with Crippen LogP contribution in [0.3, 0.4) is 0 Å². The molecule has 0 saturated carbocycles. The molecule has 15 heavy (non-hydrogen) atoms. The fourth-order valence-corrected chi connectivity index (χ4v) is 1.31. The van der Waals surface area contributed by atoms with Crippen molar-refractivity contribution in [1.82, 2.24) is 9.88 Å². The second-order valence-electron chi connectivity index (χ2n) is 3.65. The van der Waals surface area contributed by atoms with Crippen LogP contribution in [-0.4, -0.2) is 29.4 Å². The maximum atomic E-state index is 11.6. The van der Waals surface area contributed by atoms with E-state index in [1.54, 1.807) is 11.2 Å². The summed E-state index contributed by atoms with van der Waals surface area (Å²) in [5, 5.41) is 0. The van der Waals surface area contributed by atoms with E-state index in [0.717, 1.165) is 25.1 Å². The van der Waals surface area contributed by atoms with Gasteiger partial charge in [-0.15, -0.1) is 0 Å². The summed E-state index contributed by atoms with van der Waals surface area (Å²) in [6.07, 6.45) is 6.31. The zero-order valence-corrected chi connectivity index (χ0v) is 9.40. The highest BCUT2D eigenvalue weighted by Gasteiger charge is 2.08. The van der Waals surface area contributed by atoms with Crippen molar-refractivity contribution in [1.29, 1.82) is 0 Å². The van der Waals surface area contributed by atoms with Crippen LogP contribution in [0.15, 0.2) is 17.1 Å². The summed E-state index contributed by atoms with van der Waals surface area (Å²) in [6, 6.07) is 0. The first-order valence-electron chi connectivity index (χ1n) is 5.35. The van der Waals surface area contributed by atoms with Crippen molar-refractivity contribution < 1.29 is 9.21 Å². The van der Waals surface area contributed by atoms with Crippen LogP contribution in [0.25, 0.3) is 0 Å². The average Bonchev–Trinajstić information content (AvgIpc) is 2.75. The number of carbonyl (C=O) groups excluding carboxylic acids is 1. The third-order valence-corrected chi connectivity index (χ3v) is 2.35. The minimum absolute atomic E-state index is 0.173. The molecule has 1 heterocycles. The number of aromatic nitrogens is 1. The number of rotatable bonds is 6. The van der Waals surface area contributed by atoms with Gasteiger partial charge in [0.2, 0.25) is 5.91 Å². The highest BCUT2D eigenvalue weighted by atomic mass is 16.3. The molecule has 0 radical (unpaired) electrons. The minimum Gasteiger partial charge on any atom is -0.451 e. The Morgan fingerprint density at radius 2 is 2.40 bits per heavy atom. The second kappa shape index (κ2) is 6.22. The molecule has 0 saturated heterocycles. The van der Waals surface area contributed by atoms with Gasteiger partial charge in [0.15, 0.2) is 6.39 Å². The first kappa shape index (κ1) is 11.8. The van der Waals surface area contributed by atoms with Crippen LogP contribution in [0.1, 0.15) is 31.9 Å². The lowest BCUT2D eigenvalue weighted by molar-refractivity contribution is -0.129. The minimum atomic E-state index is 0.173. The Kier molecular flexibility index (Phi) is 4.87. The molecule has 0 bridgehead atoms. The monoisotopic (exact) mass is 210 g/mol. The van der Waals surface area contributed by atoms with Gasteiger partial charge in [-0.05, 0) is 6.42 Å². The fraction of sp³-hybridized carbons (Fsp3) is 0.636. The molecule has 0 atom stereocenters. The number of nitrogens with zero attached hydrogens (tertiary/aromatic N) is 2. The van der Waals surface area contributed by atoms with Crippen LogP contribution in [0.2, 0.25) is 0 Å². The number of oxazole rings is 1. The molecule has 0 aliphatic rings. The van der Waals surface area contributed by atoms with E-state index in [9.17, 15) is 4.79 Å². The summed E-state index contributed by atoms with van der Waals surface area (Å²) in [6.45, 7) is 2.96. The summed E-state index contributed by atoms with van der Waals surface area (Å²) in [5.41, 5.74) is 0.840. The molecule has 1 aromatic heterocycles. The van der Waals surface area contributed by atoms with Gasteiger partial charge in [-0.3, -0.25) is 4.79 Å². The van der Waals surface area contributed by atoms with E-state index in [1.165, 1.54) is 6.39 Å². The Balaban J connectivity index is 2.23. The van der Waals surface area contributed by atoms with Crippen molar-refractivity contribution in [2.24, 2.45) is 0 Å². The number of hydrogen-bond donors (Lipinski definition) is 0. The van der Waals surface area contributed by atoms with Crippen LogP contribution in [0.5, 0.6) is 0 Å². The zero-order chi connectivity index (χ0) is 11.1. The second-order valence-corrected chi connectivity index (χ2v) is 3.65. The molecule has 0 fully saturated rings. The van der Waals surface area contributed by atoms with Crippen molar-refractivity contribution in [3.8, 4) is 0 Å². The van der Waals surface area contributed by atoms with Crippen molar-refractivity contribution in [3.05, 3.63) is 18.4 Å². The SMILES string of the molecule is CCCCN(C)C(=O)CCc1cocn1. The molecule has 4 heteroatoms. The predicted octanol–water partition coefficient (Wildman–Crippen LogP) is 1.87. The van der Waals surface area contributed by atoms with Crippen molar-refractivity contribution in [2.45, 2.75) is 32.6 Å². The molecule has 0 aromatic carbocycles. The third-order valence-electron chi connectivity index (χ3n) is 2.35. The number of carbonyl (C=O) groups is 1. The molecule has 0 aliphatic carbocycles. The van der Waals surface area contributed by atoms with Crippen LogP contribution >= 0.6 is 0 Å². The number of hydrogen-bond acceptors (Lipinski definition) is 3. The highest BCUT2D eigenvalue weighted by Crippen LogP contribution is 2.02. The van der Waals surface area contributed by atoms with Crippen molar-refractivity contribution >= 4 is 5.91 Å². The van der Waals surface area contributed by atoms with Crippen LogP contribution in [0, 0.1) is 0 Å². The van der Waals surface area contributed by atoms with Gasteiger partial charge in [-0.25, -0.2) is 4.98 Å². The van der Waals surface area contributed by atoms with Gasteiger partial charge in [0.25, 0.3) is 0 Å². The van der Waals surface area contributed by atoms with E-state index in [0.29, 0.717) is 12.8 Å². The maximum Gasteiger partial charge on any atom is 0.222 e. The van der Waals surface area contributed by atoms with Gasteiger partial charge in [-0.1, -0.05) is 13.3 Å². The average molecular weight is 210 g/mol. The summed E-state index contributed by atoms with van der Waals surface area (Å²) in [5.74, 6) is 0.173. The first-order valence-corrected chi connectivity index (χ1v) is 5.35. The van der Waals surface area contributed by atoms with Gasteiger partial charge >= 0.3 is 0 Å². The largest absolute Gasteiger partial charge is 0.451 e. The van der Waals surface area contributed by atoms with E-state index in [2.05, 4.69) is 11.9 Å². The van der Waals surface area contributed by atoms with E-state index < -0.39 is 0 Å².